The number of esters is 1. The molecule has 0 aliphatic rings. The predicted molar refractivity (Wildman–Crippen MR) is 81.1 cm³/mol. The van der Waals surface area contributed by atoms with E-state index in [1.807, 2.05) is 0 Å². The van der Waals surface area contributed by atoms with Gasteiger partial charge in [-0.2, -0.15) is 26.3 Å². The number of carbonyl (C=O) groups is 1. The van der Waals surface area contributed by atoms with Gasteiger partial charge in [0.1, 0.15) is 5.69 Å². The summed E-state index contributed by atoms with van der Waals surface area (Å²) in [6, 6.07) is 5.20. The molecule has 0 spiro atoms. The number of hydrogen-bond donors (Lipinski definition) is 1. The summed E-state index contributed by atoms with van der Waals surface area (Å²) in [5.74, 6) is -1.62. The van der Waals surface area contributed by atoms with Crippen molar-refractivity contribution in [3.05, 3.63) is 58.5 Å². The van der Waals surface area contributed by atoms with Crippen LogP contribution in [-0.4, -0.2) is 10.8 Å². The fourth-order valence-electron chi connectivity index (χ4n) is 2.01. The van der Waals surface area contributed by atoms with Crippen LogP contribution in [-0.2, 0) is 17.1 Å². The minimum absolute atomic E-state index is 0.0268. The quantitative estimate of drug-likeness (QED) is 0.259. The third-order valence-electron chi connectivity index (χ3n) is 3.20. The Morgan fingerprint density at radius 2 is 1.44 bits per heavy atom. The van der Waals surface area contributed by atoms with Crippen molar-refractivity contribution in [3.63, 3.8) is 0 Å². The second-order valence-electron chi connectivity index (χ2n) is 5.26. The summed E-state index contributed by atoms with van der Waals surface area (Å²) in [5.41, 5.74) is -0.482. The van der Waals surface area contributed by atoms with E-state index in [0.29, 0.717) is 12.1 Å². The topological polar surface area (TPSA) is 58.4 Å². The van der Waals surface area contributed by atoms with E-state index in [1.54, 1.807) is 0 Å². The lowest BCUT2D eigenvalue weighted by molar-refractivity contribution is -0.428. The van der Waals surface area contributed by atoms with Crippen molar-refractivity contribution in [1.82, 2.24) is 0 Å². The highest BCUT2D eigenvalue weighted by Gasteiger charge is 2.34. The van der Waals surface area contributed by atoms with Gasteiger partial charge in [0.2, 0.25) is 5.75 Å². The van der Waals surface area contributed by atoms with Gasteiger partial charge in [-0.3, -0.25) is 4.79 Å². The summed E-state index contributed by atoms with van der Waals surface area (Å²) >= 11 is 0. The number of nitrogens with one attached hydrogen (secondary N) is 1. The van der Waals surface area contributed by atoms with Gasteiger partial charge in [-0.15, -0.1) is 5.43 Å². The van der Waals surface area contributed by atoms with Crippen LogP contribution in [0.25, 0.3) is 0 Å². The Bertz CT molecular complexity index is 860. The lowest BCUT2D eigenvalue weighted by atomic mass is 10.2. The Labute approximate surface area is 148 Å². The third kappa shape index (κ3) is 5.19. The molecule has 0 amide bonds. The Balaban J connectivity index is 2.30. The van der Waals surface area contributed by atoms with Crippen LogP contribution in [0.1, 0.15) is 18.1 Å². The molecule has 0 fully saturated rings. The average Bonchev–Trinajstić information content (AvgIpc) is 2.53. The van der Waals surface area contributed by atoms with Gasteiger partial charge in [-0.1, -0.05) is 0 Å². The fraction of sp³-hybridized carbons (Fsp3) is 0.188. The first-order valence-corrected chi connectivity index (χ1v) is 7.19. The Kier molecular flexibility index (Phi) is 5.43. The SMILES string of the molecule is CC(=O)Oc1cc(C(F)(F)F)ccc1[N+](=O)Nc1ccc(C(F)(F)F)cc1. The molecular weight excluding hydrogens is 382 g/mol. The fourth-order valence-corrected chi connectivity index (χ4v) is 2.01. The van der Waals surface area contributed by atoms with E-state index >= 15 is 0 Å². The Hall–Kier alpha value is -3.11. The minimum Gasteiger partial charge on any atom is -0.419 e. The first kappa shape index (κ1) is 20.2. The van der Waals surface area contributed by atoms with Crippen LogP contribution in [0.3, 0.4) is 0 Å². The molecule has 0 aromatic heterocycles. The Morgan fingerprint density at radius 3 is 1.93 bits per heavy atom. The van der Waals surface area contributed by atoms with Gasteiger partial charge in [0, 0.05) is 19.1 Å². The number of carbonyl (C=O) groups excluding carboxylic acids is 1. The van der Waals surface area contributed by atoms with Crippen molar-refractivity contribution in [2.24, 2.45) is 0 Å². The zero-order valence-corrected chi connectivity index (χ0v) is 13.5. The molecule has 0 bridgehead atoms. The molecule has 0 radical (unpaired) electrons. The molecule has 0 atom stereocenters. The maximum absolute atomic E-state index is 12.8. The first-order chi connectivity index (χ1) is 12.4. The predicted octanol–water partition coefficient (Wildman–Crippen LogP) is 5.09. The number of nitroso groups, excluding NO2 is 1. The second-order valence-corrected chi connectivity index (χ2v) is 5.26. The molecule has 0 unspecified atom stereocenters. The molecule has 144 valence electrons. The van der Waals surface area contributed by atoms with E-state index in [2.05, 4.69) is 10.2 Å². The Morgan fingerprint density at radius 1 is 0.926 bits per heavy atom. The van der Waals surface area contributed by atoms with Crippen molar-refractivity contribution in [2.45, 2.75) is 19.3 Å². The zero-order chi connectivity index (χ0) is 20.4. The maximum atomic E-state index is 12.8. The number of benzene rings is 2. The normalized spacial score (nSPS) is 11.8. The lowest BCUT2D eigenvalue weighted by Crippen LogP contribution is -2.14. The van der Waals surface area contributed by atoms with E-state index < -0.39 is 40.9 Å². The summed E-state index contributed by atoms with van der Waals surface area (Å²) in [5, 5.41) is 0. The number of hydrazine groups is 1. The van der Waals surface area contributed by atoms with Crippen LogP contribution >= 0.6 is 0 Å². The van der Waals surface area contributed by atoms with Crippen LogP contribution in [0.5, 0.6) is 5.75 Å². The molecule has 0 heterocycles. The summed E-state index contributed by atoms with van der Waals surface area (Å²) in [6.45, 7) is 0.933. The van der Waals surface area contributed by atoms with Crippen molar-refractivity contribution in [3.8, 4) is 5.75 Å². The van der Waals surface area contributed by atoms with Crippen molar-refractivity contribution in [1.29, 1.82) is 0 Å². The van der Waals surface area contributed by atoms with Gasteiger partial charge in [-0.25, -0.2) is 0 Å². The number of nitrogens with zero attached hydrogens (tertiary/aromatic N) is 1. The van der Waals surface area contributed by atoms with E-state index in [4.69, 9.17) is 0 Å². The van der Waals surface area contributed by atoms with Gasteiger partial charge >= 0.3 is 24.0 Å². The first-order valence-electron chi connectivity index (χ1n) is 7.19. The summed E-state index contributed by atoms with van der Waals surface area (Å²) in [7, 11) is 0. The van der Waals surface area contributed by atoms with Crippen molar-refractivity contribution >= 4 is 17.3 Å². The number of rotatable bonds is 4. The molecule has 2 rings (SSSR count). The summed E-state index contributed by atoms with van der Waals surface area (Å²) in [6.07, 6.45) is -9.30. The van der Waals surface area contributed by atoms with Gasteiger partial charge in [0.25, 0.3) is 0 Å². The molecule has 0 saturated carbocycles. The van der Waals surface area contributed by atoms with Crippen LogP contribution < -0.4 is 10.2 Å². The summed E-state index contributed by atoms with van der Waals surface area (Å²) in [4.78, 5) is 23.2. The monoisotopic (exact) mass is 393 g/mol. The molecule has 2 aromatic rings. The van der Waals surface area contributed by atoms with E-state index in [-0.39, 0.29) is 10.6 Å². The second kappa shape index (κ2) is 7.25. The smallest absolute Gasteiger partial charge is 0.416 e. The molecule has 2 aromatic carbocycles. The van der Waals surface area contributed by atoms with Gasteiger partial charge in [-0.05, 0) is 30.3 Å². The van der Waals surface area contributed by atoms with Crippen LogP contribution in [0.2, 0.25) is 0 Å². The van der Waals surface area contributed by atoms with Crippen molar-refractivity contribution in [2.75, 3.05) is 5.43 Å². The third-order valence-corrected chi connectivity index (χ3v) is 3.20. The average molecular weight is 393 g/mol. The van der Waals surface area contributed by atoms with E-state index in [0.717, 1.165) is 37.3 Å². The van der Waals surface area contributed by atoms with Gasteiger partial charge < -0.3 is 4.74 Å². The van der Waals surface area contributed by atoms with Crippen molar-refractivity contribution < 1.29 is 40.7 Å². The minimum atomic E-state index is -4.73. The van der Waals surface area contributed by atoms with Crippen LogP contribution in [0.15, 0.2) is 42.5 Å². The molecule has 0 aliphatic heterocycles. The molecule has 11 heteroatoms. The maximum Gasteiger partial charge on any atom is 0.416 e. The highest BCUT2D eigenvalue weighted by molar-refractivity contribution is 5.71. The largest absolute Gasteiger partial charge is 0.419 e. The molecule has 27 heavy (non-hydrogen) atoms. The molecule has 1 N–H and O–H groups in total. The van der Waals surface area contributed by atoms with Crippen LogP contribution in [0, 0.1) is 4.91 Å². The van der Waals surface area contributed by atoms with E-state index in [1.165, 1.54) is 0 Å². The molecule has 0 saturated heterocycles. The summed E-state index contributed by atoms with van der Waals surface area (Å²) < 4.78 is 80.5. The number of hydrogen-bond acceptors (Lipinski definition) is 3. The molecular formula is C16H11F6N2O3+. The number of ether oxygens (including phenoxy) is 1. The molecule has 5 nitrogen and oxygen atoms in total. The van der Waals surface area contributed by atoms with Gasteiger partial charge in [0.15, 0.2) is 4.87 Å². The van der Waals surface area contributed by atoms with E-state index in [9.17, 15) is 36.0 Å². The van der Waals surface area contributed by atoms with Crippen LogP contribution in [0.4, 0.5) is 37.7 Å². The standard InChI is InChI=1S/C16H11F6N2O3/c1-9(25)27-14-8-11(16(20,21)22)4-7-13(14)24(26)23-12-5-2-10(3-6-12)15(17,18)19/h2-8H,1H3,(H,23,26)/q+1. The zero-order valence-electron chi connectivity index (χ0n) is 13.5. The highest BCUT2D eigenvalue weighted by atomic mass is 19.4. The number of alkyl halides is 6. The lowest BCUT2D eigenvalue weighted by Gasteiger charge is -2.09. The van der Waals surface area contributed by atoms with Gasteiger partial charge in [0.05, 0.1) is 16.0 Å². The highest BCUT2D eigenvalue weighted by Crippen LogP contribution is 2.36. The number of halogens is 6. The molecule has 0 aliphatic carbocycles. The number of anilines is 1.